The van der Waals surface area contributed by atoms with E-state index in [-0.39, 0.29) is 12.3 Å². The highest BCUT2D eigenvalue weighted by molar-refractivity contribution is 6.15. The fourth-order valence-electron chi connectivity index (χ4n) is 1.90. The van der Waals surface area contributed by atoms with E-state index < -0.39 is 17.4 Å². The Labute approximate surface area is 71.9 Å². The maximum absolute atomic E-state index is 12.3. The van der Waals surface area contributed by atoms with Gasteiger partial charge in [-0.15, -0.1) is 0 Å². The van der Waals surface area contributed by atoms with Gasteiger partial charge < -0.3 is 0 Å². The second kappa shape index (κ2) is 2.67. The van der Waals surface area contributed by atoms with E-state index in [4.69, 9.17) is 7.85 Å². The zero-order valence-electron chi connectivity index (χ0n) is 7.28. The standard InChI is InChI=1S/C8H12BF3/c1-5-3-4-6(7(5,2)9)8(10,11)12/h5-6H,3-4H2,1-2H3. The quantitative estimate of drug-likeness (QED) is 0.497. The largest absolute Gasteiger partial charge is 0.391 e. The van der Waals surface area contributed by atoms with E-state index in [1.54, 1.807) is 6.92 Å². The van der Waals surface area contributed by atoms with Gasteiger partial charge in [-0.2, -0.15) is 13.2 Å². The molecule has 2 radical (unpaired) electrons. The molecule has 0 spiro atoms. The average molecular weight is 176 g/mol. The Bertz CT molecular complexity index is 174. The minimum atomic E-state index is -4.13. The summed E-state index contributed by atoms with van der Waals surface area (Å²) in [6.07, 6.45) is -3.37. The Kier molecular flexibility index (Phi) is 2.21. The summed E-state index contributed by atoms with van der Waals surface area (Å²) in [5, 5.41) is -1.07. The highest BCUT2D eigenvalue weighted by Gasteiger charge is 2.53. The summed E-state index contributed by atoms with van der Waals surface area (Å²) in [5.74, 6) is -1.36. The van der Waals surface area contributed by atoms with E-state index in [2.05, 4.69) is 0 Å². The smallest absolute Gasteiger partial charge is 0.171 e. The molecule has 1 aliphatic carbocycles. The molecule has 0 nitrogen and oxygen atoms in total. The minimum Gasteiger partial charge on any atom is -0.171 e. The van der Waals surface area contributed by atoms with Gasteiger partial charge in [-0.05, 0) is 12.3 Å². The Hall–Kier alpha value is -0.145. The van der Waals surface area contributed by atoms with E-state index >= 15 is 0 Å². The van der Waals surface area contributed by atoms with Crippen LogP contribution in [0.5, 0.6) is 0 Å². The van der Waals surface area contributed by atoms with Gasteiger partial charge in [-0.25, -0.2) is 0 Å². The molecule has 0 aliphatic heterocycles. The van der Waals surface area contributed by atoms with Crippen LogP contribution in [0.15, 0.2) is 0 Å². The predicted octanol–water partition coefficient (Wildman–Crippen LogP) is 2.94. The van der Waals surface area contributed by atoms with Crippen molar-refractivity contribution in [2.45, 2.75) is 38.2 Å². The molecule has 3 atom stereocenters. The number of hydrogen-bond acceptors (Lipinski definition) is 0. The molecule has 0 aromatic heterocycles. The van der Waals surface area contributed by atoms with Crippen molar-refractivity contribution >= 4 is 7.85 Å². The Morgan fingerprint density at radius 1 is 1.33 bits per heavy atom. The van der Waals surface area contributed by atoms with Crippen LogP contribution in [0.25, 0.3) is 0 Å². The van der Waals surface area contributed by atoms with E-state index in [0.29, 0.717) is 6.42 Å². The molecule has 1 aliphatic rings. The molecule has 0 saturated heterocycles. The Morgan fingerprint density at radius 2 is 1.83 bits per heavy atom. The van der Waals surface area contributed by atoms with Gasteiger partial charge in [0.1, 0.15) is 0 Å². The molecule has 0 heterocycles. The van der Waals surface area contributed by atoms with Gasteiger partial charge in [0.25, 0.3) is 0 Å². The molecule has 1 rings (SSSR count). The van der Waals surface area contributed by atoms with Gasteiger partial charge in [0.2, 0.25) is 0 Å². The molecule has 0 N–H and O–H groups in total. The summed E-state index contributed by atoms with van der Waals surface area (Å²) in [6.45, 7) is 3.29. The van der Waals surface area contributed by atoms with Crippen LogP contribution in [-0.4, -0.2) is 14.0 Å². The van der Waals surface area contributed by atoms with Crippen molar-refractivity contribution in [1.29, 1.82) is 0 Å². The molecule has 0 aromatic rings. The molecule has 1 saturated carbocycles. The Morgan fingerprint density at radius 3 is 2.00 bits per heavy atom. The predicted molar refractivity (Wildman–Crippen MR) is 42.1 cm³/mol. The summed E-state index contributed by atoms with van der Waals surface area (Å²) < 4.78 is 37.0. The van der Waals surface area contributed by atoms with Gasteiger partial charge >= 0.3 is 6.18 Å². The summed E-state index contributed by atoms with van der Waals surface area (Å²) in [7, 11) is 5.63. The van der Waals surface area contributed by atoms with Gasteiger partial charge in [0.05, 0.1) is 13.8 Å². The molecule has 12 heavy (non-hydrogen) atoms. The molecule has 1 fully saturated rings. The first-order chi connectivity index (χ1) is 5.26. The highest BCUT2D eigenvalue weighted by Crippen LogP contribution is 2.56. The van der Waals surface area contributed by atoms with Gasteiger partial charge in [0.15, 0.2) is 0 Å². The van der Waals surface area contributed by atoms with Crippen molar-refractivity contribution in [3.05, 3.63) is 0 Å². The number of rotatable bonds is 0. The number of halogens is 3. The third kappa shape index (κ3) is 1.48. The van der Waals surface area contributed by atoms with Crippen molar-refractivity contribution in [1.82, 2.24) is 0 Å². The molecule has 68 valence electrons. The zero-order valence-corrected chi connectivity index (χ0v) is 7.28. The van der Waals surface area contributed by atoms with Gasteiger partial charge in [0, 0.05) is 0 Å². The van der Waals surface area contributed by atoms with E-state index in [1.807, 2.05) is 0 Å². The van der Waals surface area contributed by atoms with Crippen LogP contribution in [-0.2, 0) is 0 Å². The first kappa shape index (κ1) is 9.94. The molecule has 0 bridgehead atoms. The maximum atomic E-state index is 12.3. The molecule has 0 aromatic carbocycles. The minimum absolute atomic E-state index is 0.0378. The van der Waals surface area contributed by atoms with Crippen molar-refractivity contribution < 1.29 is 13.2 Å². The van der Waals surface area contributed by atoms with Gasteiger partial charge in [-0.1, -0.05) is 25.6 Å². The van der Waals surface area contributed by atoms with Crippen molar-refractivity contribution in [2.24, 2.45) is 11.8 Å². The topological polar surface area (TPSA) is 0 Å². The fraction of sp³-hybridized carbons (Fsp3) is 1.00. The van der Waals surface area contributed by atoms with Crippen LogP contribution in [0.2, 0.25) is 5.31 Å². The van der Waals surface area contributed by atoms with Crippen molar-refractivity contribution in [3.63, 3.8) is 0 Å². The van der Waals surface area contributed by atoms with Crippen LogP contribution in [0, 0.1) is 11.8 Å². The SMILES string of the molecule is [B]C1(C)C(C)CCC1C(F)(F)F. The average Bonchev–Trinajstić information content (AvgIpc) is 2.06. The second-order valence-electron chi connectivity index (χ2n) is 3.94. The van der Waals surface area contributed by atoms with Crippen LogP contribution in [0.4, 0.5) is 13.2 Å². The van der Waals surface area contributed by atoms with Crippen LogP contribution >= 0.6 is 0 Å². The molecular weight excluding hydrogens is 164 g/mol. The molecule has 4 heteroatoms. The summed E-state index contributed by atoms with van der Waals surface area (Å²) in [5.41, 5.74) is 0. The summed E-state index contributed by atoms with van der Waals surface area (Å²) in [4.78, 5) is 0. The van der Waals surface area contributed by atoms with Gasteiger partial charge in [-0.3, -0.25) is 0 Å². The zero-order chi connectivity index (χ0) is 9.57. The molecule has 3 unspecified atom stereocenters. The van der Waals surface area contributed by atoms with E-state index in [1.165, 1.54) is 6.92 Å². The lowest BCUT2D eigenvalue weighted by Crippen LogP contribution is -2.32. The molecular formula is C8H12BF3. The number of hydrogen-bond donors (Lipinski definition) is 0. The van der Waals surface area contributed by atoms with E-state index in [0.717, 1.165) is 0 Å². The second-order valence-corrected chi connectivity index (χ2v) is 3.94. The molecule has 0 amide bonds. The lowest BCUT2D eigenvalue weighted by Gasteiger charge is -2.33. The van der Waals surface area contributed by atoms with Crippen LogP contribution in [0.3, 0.4) is 0 Å². The normalized spacial score (nSPS) is 43.4. The number of alkyl halides is 3. The monoisotopic (exact) mass is 176 g/mol. The first-order valence-electron chi connectivity index (χ1n) is 4.12. The van der Waals surface area contributed by atoms with Crippen molar-refractivity contribution in [2.75, 3.05) is 0 Å². The van der Waals surface area contributed by atoms with Crippen molar-refractivity contribution in [3.8, 4) is 0 Å². The first-order valence-corrected chi connectivity index (χ1v) is 4.12. The third-order valence-electron chi connectivity index (χ3n) is 3.10. The lowest BCUT2D eigenvalue weighted by atomic mass is 9.59. The fourth-order valence-corrected chi connectivity index (χ4v) is 1.90. The van der Waals surface area contributed by atoms with Crippen LogP contribution < -0.4 is 0 Å². The highest BCUT2D eigenvalue weighted by atomic mass is 19.4. The Balaban J connectivity index is 2.82. The summed E-state index contributed by atoms with van der Waals surface area (Å²) in [6, 6.07) is 0. The maximum Gasteiger partial charge on any atom is 0.391 e. The van der Waals surface area contributed by atoms with E-state index in [9.17, 15) is 13.2 Å². The van der Waals surface area contributed by atoms with Crippen LogP contribution in [0.1, 0.15) is 26.7 Å². The lowest BCUT2D eigenvalue weighted by molar-refractivity contribution is -0.180. The summed E-state index contributed by atoms with van der Waals surface area (Å²) >= 11 is 0. The third-order valence-corrected chi connectivity index (χ3v) is 3.10.